The molecule has 0 aliphatic heterocycles. The minimum atomic E-state index is -4.74. The van der Waals surface area contributed by atoms with Crippen LogP contribution < -0.4 is 14.2 Å². The molecule has 8 heteroatoms. The summed E-state index contributed by atoms with van der Waals surface area (Å²) in [5.74, 6) is 0.831. The van der Waals surface area contributed by atoms with Gasteiger partial charge < -0.3 is 14.2 Å². The second-order valence-corrected chi connectivity index (χ2v) is 5.05. The molecule has 2 aromatic heterocycles. The van der Waals surface area contributed by atoms with Gasteiger partial charge in [-0.25, -0.2) is 4.98 Å². The Morgan fingerprint density at radius 3 is 2.31 bits per heavy atom. The number of rotatable bonds is 5. The third-order valence-electron chi connectivity index (χ3n) is 3.33. The highest BCUT2D eigenvalue weighted by molar-refractivity contribution is 5.73. The predicted molar refractivity (Wildman–Crippen MR) is 87.2 cm³/mol. The van der Waals surface area contributed by atoms with Gasteiger partial charge in [0.05, 0.1) is 7.11 Å². The van der Waals surface area contributed by atoms with Gasteiger partial charge in [0.25, 0.3) is 0 Å². The number of halogens is 3. The van der Waals surface area contributed by atoms with Gasteiger partial charge in [-0.05, 0) is 42.5 Å². The van der Waals surface area contributed by atoms with Gasteiger partial charge in [-0.2, -0.15) is 0 Å². The van der Waals surface area contributed by atoms with Gasteiger partial charge in [-0.3, -0.25) is 4.98 Å². The molecule has 0 N–H and O–H groups in total. The largest absolute Gasteiger partial charge is 0.573 e. The van der Waals surface area contributed by atoms with Gasteiger partial charge >= 0.3 is 6.36 Å². The molecule has 1 aromatic carbocycles. The summed E-state index contributed by atoms with van der Waals surface area (Å²) in [6.07, 6.45) is 0.0117. The summed E-state index contributed by atoms with van der Waals surface area (Å²) < 4.78 is 51.5. The Bertz CT molecular complexity index is 883. The maximum absolute atomic E-state index is 12.2. The smallest absolute Gasteiger partial charge is 0.496 e. The Hall–Kier alpha value is -3.29. The average molecular weight is 362 g/mol. The SMILES string of the molecule is COc1ccncc1-c1cccnc1Oc1ccc(OC(F)(F)F)cc1. The number of nitrogens with zero attached hydrogens (tertiary/aromatic N) is 2. The molecule has 0 unspecified atom stereocenters. The summed E-state index contributed by atoms with van der Waals surface area (Å²) in [6, 6.07) is 10.3. The van der Waals surface area contributed by atoms with Crippen LogP contribution in [-0.4, -0.2) is 23.4 Å². The highest BCUT2D eigenvalue weighted by atomic mass is 19.4. The van der Waals surface area contributed by atoms with Crippen molar-refractivity contribution in [1.82, 2.24) is 9.97 Å². The van der Waals surface area contributed by atoms with Crippen LogP contribution in [0.3, 0.4) is 0 Å². The second-order valence-electron chi connectivity index (χ2n) is 5.05. The van der Waals surface area contributed by atoms with E-state index in [9.17, 15) is 13.2 Å². The van der Waals surface area contributed by atoms with Crippen molar-refractivity contribution in [3.8, 4) is 34.3 Å². The van der Waals surface area contributed by atoms with Crippen molar-refractivity contribution in [3.05, 3.63) is 61.1 Å². The Labute approximate surface area is 147 Å². The molecule has 0 spiro atoms. The first-order valence-electron chi connectivity index (χ1n) is 7.43. The first-order valence-corrected chi connectivity index (χ1v) is 7.43. The third kappa shape index (κ3) is 4.21. The standard InChI is InChI=1S/C18H13F3N2O3/c1-24-16-8-10-22-11-15(16)14-3-2-9-23-17(14)25-12-4-6-13(7-5-12)26-18(19,20)21/h2-11H,1H3. The number of hydrogen-bond acceptors (Lipinski definition) is 5. The molecule has 26 heavy (non-hydrogen) atoms. The Balaban J connectivity index is 1.87. The molecule has 0 fully saturated rings. The van der Waals surface area contributed by atoms with Gasteiger partial charge in [0.2, 0.25) is 5.88 Å². The quantitative estimate of drug-likeness (QED) is 0.650. The van der Waals surface area contributed by atoms with Gasteiger partial charge in [0.15, 0.2) is 0 Å². The molecule has 0 saturated heterocycles. The lowest BCUT2D eigenvalue weighted by Gasteiger charge is -2.13. The van der Waals surface area contributed by atoms with E-state index in [-0.39, 0.29) is 11.6 Å². The topological polar surface area (TPSA) is 53.5 Å². The van der Waals surface area contributed by atoms with Crippen LogP contribution in [0, 0.1) is 0 Å². The highest BCUT2D eigenvalue weighted by Crippen LogP contribution is 2.36. The minimum absolute atomic E-state index is 0.267. The Kier molecular flexibility index (Phi) is 4.92. The summed E-state index contributed by atoms with van der Waals surface area (Å²) in [5, 5.41) is 0. The molecule has 0 saturated carbocycles. The van der Waals surface area contributed by atoms with Gasteiger partial charge in [-0.1, -0.05) is 0 Å². The van der Waals surface area contributed by atoms with E-state index in [1.807, 2.05) is 0 Å². The van der Waals surface area contributed by atoms with Crippen molar-refractivity contribution >= 4 is 0 Å². The number of ether oxygens (including phenoxy) is 3. The van der Waals surface area contributed by atoms with E-state index in [2.05, 4.69) is 14.7 Å². The summed E-state index contributed by atoms with van der Waals surface area (Å²) in [4.78, 5) is 8.27. The van der Waals surface area contributed by atoms with E-state index in [1.165, 1.54) is 19.2 Å². The first kappa shape index (κ1) is 17.5. The summed E-state index contributed by atoms with van der Waals surface area (Å²) >= 11 is 0. The third-order valence-corrected chi connectivity index (χ3v) is 3.33. The highest BCUT2D eigenvalue weighted by Gasteiger charge is 2.31. The van der Waals surface area contributed by atoms with Gasteiger partial charge in [0, 0.05) is 29.7 Å². The zero-order valence-corrected chi connectivity index (χ0v) is 13.5. The molecule has 2 heterocycles. The predicted octanol–water partition coefficient (Wildman–Crippen LogP) is 4.84. The molecular formula is C18H13F3N2O3. The maximum atomic E-state index is 12.2. The van der Waals surface area contributed by atoms with E-state index < -0.39 is 6.36 Å². The van der Waals surface area contributed by atoms with Crippen LogP contribution in [0.1, 0.15) is 0 Å². The lowest BCUT2D eigenvalue weighted by molar-refractivity contribution is -0.274. The number of alkyl halides is 3. The summed E-state index contributed by atoms with van der Waals surface area (Å²) in [6.45, 7) is 0. The van der Waals surface area contributed by atoms with Crippen LogP contribution in [0.5, 0.6) is 23.1 Å². The Morgan fingerprint density at radius 1 is 0.885 bits per heavy atom. The monoisotopic (exact) mass is 362 g/mol. The number of aromatic nitrogens is 2. The lowest BCUT2D eigenvalue weighted by Crippen LogP contribution is -2.16. The van der Waals surface area contributed by atoms with E-state index >= 15 is 0 Å². The van der Waals surface area contributed by atoms with Crippen LogP contribution >= 0.6 is 0 Å². The molecule has 0 bridgehead atoms. The second kappa shape index (κ2) is 7.30. The van der Waals surface area contributed by atoms with Gasteiger partial charge in [0.1, 0.15) is 17.2 Å². The molecule has 0 amide bonds. The fourth-order valence-electron chi connectivity index (χ4n) is 2.26. The molecule has 0 atom stereocenters. The molecule has 5 nitrogen and oxygen atoms in total. The van der Waals surface area contributed by atoms with Crippen LogP contribution in [0.4, 0.5) is 13.2 Å². The van der Waals surface area contributed by atoms with Crippen LogP contribution in [0.2, 0.25) is 0 Å². The Morgan fingerprint density at radius 2 is 1.62 bits per heavy atom. The van der Waals surface area contributed by atoms with Crippen LogP contribution in [0.15, 0.2) is 61.1 Å². The number of benzene rings is 1. The summed E-state index contributed by atoms with van der Waals surface area (Å²) in [5.41, 5.74) is 1.31. The van der Waals surface area contributed by atoms with E-state index in [0.717, 1.165) is 12.1 Å². The van der Waals surface area contributed by atoms with Crippen LogP contribution in [0.25, 0.3) is 11.1 Å². The molecule has 3 aromatic rings. The molecule has 3 rings (SSSR count). The maximum Gasteiger partial charge on any atom is 0.573 e. The molecule has 0 radical (unpaired) electrons. The number of methoxy groups -OCH3 is 1. The molecule has 0 aliphatic rings. The average Bonchev–Trinajstić information content (AvgIpc) is 2.63. The zero-order valence-electron chi connectivity index (χ0n) is 13.5. The van der Waals surface area contributed by atoms with Crippen molar-refractivity contribution in [2.45, 2.75) is 6.36 Å². The first-order chi connectivity index (χ1) is 12.5. The van der Waals surface area contributed by atoms with Crippen molar-refractivity contribution in [2.24, 2.45) is 0 Å². The fourth-order valence-corrected chi connectivity index (χ4v) is 2.26. The number of hydrogen-bond donors (Lipinski definition) is 0. The van der Waals surface area contributed by atoms with E-state index in [0.29, 0.717) is 22.6 Å². The van der Waals surface area contributed by atoms with Gasteiger partial charge in [-0.15, -0.1) is 13.2 Å². The lowest BCUT2D eigenvalue weighted by atomic mass is 10.1. The molecule has 0 aliphatic carbocycles. The molecular weight excluding hydrogens is 349 g/mol. The van der Waals surface area contributed by atoms with Crippen molar-refractivity contribution in [1.29, 1.82) is 0 Å². The van der Waals surface area contributed by atoms with Crippen molar-refractivity contribution in [3.63, 3.8) is 0 Å². The van der Waals surface area contributed by atoms with Crippen molar-refractivity contribution < 1.29 is 27.4 Å². The van der Waals surface area contributed by atoms with E-state index in [1.54, 1.807) is 36.8 Å². The zero-order chi connectivity index (χ0) is 18.6. The minimum Gasteiger partial charge on any atom is -0.496 e. The number of pyridine rings is 2. The van der Waals surface area contributed by atoms with Crippen molar-refractivity contribution in [2.75, 3.05) is 7.11 Å². The van der Waals surface area contributed by atoms with E-state index in [4.69, 9.17) is 9.47 Å². The normalized spacial score (nSPS) is 11.1. The van der Waals surface area contributed by atoms with Crippen LogP contribution in [-0.2, 0) is 0 Å². The molecule has 134 valence electrons. The summed E-state index contributed by atoms with van der Waals surface area (Å²) in [7, 11) is 1.54. The fraction of sp³-hybridized carbons (Fsp3) is 0.111.